The molecule has 206 valence electrons. The minimum atomic E-state index is -0.989. The smallest absolute Gasteiger partial charge is 0.410 e. The standard InChI is InChI=1S/C27H35N3O8/c1-27(2,3)22-23(31)30-16-20(13-21(30)24(32)35-4)38-26(34)29-14-17-8-9-19(12-18(17)15-29)36-10-6-5-7-11-37-25(33)28-22/h5-6,8-9,12,20-22H,7,10-11,13-16H2,1-4H3,(H,28,33)/t20-,21?,22-/m1/s1. The number of carbonyl (C=O) groups excluding carboxylic acids is 4. The third kappa shape index (κ3) is 6.20. The van der Waals surface area contributed by atoms with Crippen LogP contribution < -0.4 is 10.1 Å². The molecule has 1 aromatic rings. The molecule has 0 radical (unpaired) electrons. The second kappa shape index (κ2) is 11.3. The Bertz CT molecular complexity index is 1110. The Morgan fingerprint density at radius 3 is 2.58 bits per heavy atom. The van der Waals surface area contributed by atoms with Crippen LogP contribution in [0, 0.1) is 5.41 Å². The SMILES string of the molecule is COC(=O)C1C[C@@H]2CN1C(=O)[C@H](C(C)(C)C)NC(=O)OCCC=CCOc1ccc3c(c1)CN(C3)C(=O)O2. The molecular weight excluding hydrogens is 494 g/mol. The van der Waals surface area contributed by atoms with Crippen molar-refractivity contribution in [2.75, 3.05) is 26.9 Å². The fraction of sp³-hybridized carbons (Fsp3) is 0.556. The van der Waals surface area contributed by atoms with Crippen LogP contribution >= 0.6 is 0 Å². The van der Waals surface area contributed by atoms with Crippen molar-refractivity contribution in [3.8, 4) is 5.75 Å². The maximum absolute atomic E-state index is 13.7. The van der Waals surface area contributed by atoms with Crippen molar-refractivity contribution < 1.29 is 38.1 Å². The lowest BCUT2D eigenvalue weighted by molar-refractivity contribution is -0.152. The van der Waals surface area contributed by atoms with E-state index in [9.17, 15) is 19.2 Å². The van der Waals surface area contributed by atoms with Crippen LogP contribution in [-0.4, -0.2) is 78.9 Å². The fourth-order valence-corrected chi connectivity index (χ4v) is 4.82. The molecule has 3 aliphatic heterocycles. The normalized spacial score (nSPS) is 24.7. The summed E-state index contributed by atoms with van der Waals surface area (Å²) in [5.74, 6) is -0.411. The molecular formula is C27H35N3O8. The van der Waals surface area contributed by atoms with Crippen LogP contribution in [0.25, 0.3) is 0 Å². The average Bonchev–Trinajstić information content (AvgIpc) is 3.49. The number of esters is 1. The van der Waals surface area contributed by atoms with Crippen LogP contribution in [0.3, 0.4) is 0 Å². The monoisotopic (exact) mass is 529 g/mol. The highest BCUT2D eigenvalue weighted by atomic mass is 16.6. The molecule has 11 heteroatoms. The van der Waals surface area contributed by atoms with Gasteiger partial charge >= 0.3 is 18.2 Å². The largest absolute Gasteiger partial charge is 0.490 e. The molecule has 0 saturated carbocycles. The lowest BCUT2D eigenvalue weighted by atomic mass is 9.85. The first-order chi connectivity index (χ1) is 18.1. The number of hydrogen-bond acceptors (Lipinski definition) is 8. The number of amides is 3. The Morgan fingerprint density at radius 2 is 1.84 bits per heavy atom. The van der Waals surface area contributed by atoms with Gasteiger partial charge in [0.2, 0.25) is 5.91 Å². The van der Waals surface area contributed by atoms with Gasteiger partial charge in [-0.2, -0.15) is 0 Å². The molecule has 3 aliphatic rings. The van der Waals surface area contributed by atoms with Gasteiger partial charge in [0, 0.05) is 19.5 Å². The third-order valence-corrected chi connectivity index (χ3v) is 6.85. The number of nitrogens with zero attached hydrogens (tertiary/aromatic N) is 2. The number of alkyl carbamates (subject to hydrolysis) is 1. The van der Waals surface area contributed by atoms with E-state index in [0.717, 1.165) is 11.1 Å². The molecule has 1 N–H and O–H groups in total. The summed E-state index contributed by atoms with van der Waals surface area (Å²) in [7, 11) is 1.24. The zero-order valence-corrected chi connectivity index (χ0v) is 22.2. The topological polar surface area (TPSA) is 124 Å². The number of ether oxygens (including phenoxy) is 4. The van der Waals surface area contributed by atoms with Gasteiger partial charge in [-0.15, -0.1) is 0 Å². The first-order valence-corrected chi connectivity index (χ1v) is 12.7. The van der Waals surface area contributed by atoms with E-state index in [1.165, 1.54) is 12.0 Å². The van der Waals surface area contributed by atoms with Crippen molar-refractivity contribution in [1.82, 2.24) is 15.1 Å². The van der Waals surface area contributed by atoms with Gasteiger partial charge in [-0.1, -0.05) is 39.0 Å². The van der Waals surface area contributed by atoms with E-state index in [-0.39, 0.29) is 19.6 Å². The zero-order chi connectivity index (χ0) is 27.4. The van der Waals surface area contributed by atoms with E-state index in [1.54, 1.807) is 25.7 Å². The van der Waals surface area contributed by atoms with E-state index < -0.39 is 47.7 Å². The Hall–Kier alpha value is -3.76. The molecule has 1 aromatic carbocycles. The molecule has 0 aliphatic carbocycles. The quantitative estimate of drug-likeness (QED) is 0.335. The van der Waals surface area contributed by atoms with Crippen LogP contribution in [0.15, 0.2) is 30.4 Å². The van der Waals surface area contributed by atoms with Gasteiger partial charge < -0.3 is 29.2 Å². The second-order valence-corrected chi connectivity index (χ2v) is 10.7. The van der Waals surface area contributed by atoms with Crippen molar-refractivity contribution in [2.45, 2.75) is 64.9 Å². The molecule has 0 aromatic heterocycles. The number of methoxy groups -OCH3 is 1. The first kappa shape index (κ1) is 27.3. The molecule has 11 nitrogen and oxygen atoms in total. The molecule has 0 spiro atoms. The van der Waals surface area contributed by atoms with Gasteiger partial charge in [0.1, 0.15) is 30.5 Å². The Morgan fingerprint density at radius 1 is 1.08 bits per heavy atom. The summed E-state index contributed by atoms with van der Waals surface area (Å²) in [6.07, 6.45) is 2.26. The fourth-order valence-electron chi connectivity index (χ4n) is 4.82. The summed E-state index contributed by atoms with van der Waals surface area (Å²) < 4.78 is 21.8. The molecule has 38 heavy (non-hydrogen) atoms. The maximum atomic E-state index is 13.7. The Balaban J connectivity index is 1.58. The first-order valence-electron chi connectivity index (χ1n) is 12.7. The third-order valence-electron chi connectivity index (χ3n) is 6.85. The van der Waals surface area contributed by atoms with Gasteiger partial charge in [0.05, 0.1) is 20.3 Å². The summed E-state index contributed by atoms with van der Waals surface area (Å²) in [4.78, 5) is 54.8. The highest BCUT2D eigenvalue weighted by molar-refractivity contribution is 5.91. The predicted octanol–water partition coefficient (Wildman–Crippen LogP) is 2.76. The number of fused-ring (bicyclic) bond motifs is 4. The summed E-state index contributed by atoms with van der Waals surface area (Å²) >= 11 is 0. The number of hydrogen-bond donors (Lipinski definition) is 1. The minimum Gasteiger partial charge on any atom is -0.490 e. The number of cyclic esters (lactones) is 1. The minimum absolute atomic E-state index is 0.00276. The number of rotatable bonds is 1. The molecule has 3 atom stereocenters. The van der Waals surface area contributed by atoms with Gasteiger partial charge in [-0.3, -0.25) is 9.69 Å². The summed E-state index contributed by atoms with van der Waals surface area (Å²) in [5, 5.41) is 2.66. The molecule has 1 unspecified atom stereocenters. The number of carbonyl (C=O) groups is 4. The zero-order valence-electron chi connectivity index (χ0n) is 22.2. The number of benzene rings is 1. The average molecular weight is 530 g/mol. The molecule has 1 fully saturated rings. The molecule has 1 saturated heterocycles. The van der Waals surface area contributed by atoms with Crippen molar-refractivity contribution in [1.29, 1.82) is 0 Å². The van der Waals surface area contributed by atoms with Crippen LogP contribution in [0.2, 0.25) is 0 Å². The van der Waals surface area contributed by atoms with Gasteiger partial charge in [-0.25, -0.2) is 14.4 Å². The van der Waals surface area contributed by atoms with Crippen LogP contribution in [-0.2, 0) is 36.9 Å². The van der Waals surface area contributed by atoms with E-state index in [2.05, 4.69) is 5.32 Å². The lowest BCUT2D eigenvalue weighted by Gasteiger charge is -2.34. The highest BCUT2D eigenvalue weighted by Crippen LogP contribution is 2.30. The lowest BCUT2D eigenvalue weighted by Crippen LogP contribution is -2.57. The maximum Gasteiger partial charge on any atom is 0.410 e. The Labute approximate surface area is 222 Å². The van der Waals surface area contributed by atoms with Crippen LogP contribution in [0.4, 0.5) is 9.59 Å². The molecule has 4 rings (SSSR count). The predicted molar refractivity (Wildman–Crippen MR) is 135 cm³/mol. The van der Waals surface area contributed by atoms with Crippen LogP contribution in [0.1, 0.15) is 44.7 Å². The van der Waals surface area contributed by atoms with Crippen molar-refractivity contribution in [3.63, 3.8) is 0 Å². The van der Waals surface area contributed by atoms with Crippen molar-refractivity contribution >= 4 is 24.1 Å². The van der Waals surface area contributed by atoms with E-state index >= 15 is 0 Å². The molecule has 3 heterocycles. The van der Waals surface area contributed by atoms with Gasteiger partial charge in [0.15, 0.2) is 0 Å². The summed E-state index contributed by atoms with van der Waals surface area (Å²) in [5.41, 5.74) is 1.28. The van der Waals surface area contributed by atoms with Gasteiger partial charge in [0.25, 0.3) is 0 Å². The second-order valence-electron chi connectivity index (χ2n) is 10.7. The van der Waals surface area contributed by atoms with E-state index in [1.807, 2.05) is 30.4 Å². The highest BCUT2D eigenvalue weighted by Gasteiger charge is 2.47. The summed E-state index contributed by atoms with van der Waals surface area (Å²) in [6, 6.07) is 3.75. The Kier molecular flexibility index (Phi) is 8.13. The van der Waals surface area contributed by atoms with E-state index in [4.69, 9.17) is 18.9 Å². The molecule has 3 amide bonds. The van der Waals surface area contributed by atoms with E-state index in [0.29, 0.717) is 31.9 Å². The number of nitrogens with one attached hydrogen (secondary N) is 1. The molecule has 5 bridgehead atoms. The van der Waals surface area contributed by atoms with Crippen molar-refractivity contribution in [2.24, 2.45) is 5.41 Å². The van der Waals surface area contributed by atoms with Crippen LogP contribution in [0.5, 0.6) is 5.75 Å². The van der Waals surface area contributed by atoms with Crippen molar-refractivity contribution in [3.05, 3.63) is 41.5 Å². The summed E-state index contributed by atoms with van der Waals surface area (Å²) in [6.45, 7) is 6.63. The van der Waals surface area contributed by atoms with Gasteiger partial charge in [-0.05, 0) is 35.1 Å².